The SMILES string of the molecule is Cc1cc(C)c(C(=O)CN2CCCNC(=O)C2)c(C)c1. The maximum atomic E-state index is 12.5. The van der Waals surface area contributed by atoms with Crippen molar-refractivity contribution in [2.24, 2.45) is 0 Å². The zero-order chi connectivity index (χ0) is 14.7. The van der Waals surface area contributed by atoms with Gasteiger partial charge < -0.3 is 5.32 Å². The molecule has 1 aromatic carbocycles. The van der Waals surface area contributed by atoms with E-state index in [2.05, 4.69) is 5.32 Å². The van der Waals surface area contributed by atoms with Crippen LogP contribution in [-0.4, -0.2) is 42.8 Å². The monoisotopic (exact) mass is 274 g/mol. The van der Waals surface area contributed by atoms with Crippen LogP contribution in [0.15, 0.2) is 12.1 Å². The molecule has 1 aromatic rings. The molecule has 1 N–H and O–H groups in total. The maximum Gasteiger partial charge on any atom is 0.234 e. The van der Waals surface area contributed by atoms with Crippen molar-refractivity contribution < 1.29 is 9.59 Å². The molecule has 1 saturated heterocycles. The lowest BCUT2D eigenvalue weighted by atomic mass is 9.96. The van der Waals surface area contributed by atoms with Gasteiger partial charge in [-0.1, -0.05) is 17.7 Å². The number of hydrogen-bond acceptors (Lipinski definition) is 3. The number of Topliss-reactive ketones (excluding diaryl/α,β-unsaturated/α-hetero) is 1. The Balaban J connectivity index is 2.14. The van der Waals surface area contributed by atoms with E-state index in [4.69, 9.17) is 0 Å². The van der Waals surface area contributed by atoms with Crippen LogP contribution in [-0.2, 0) is 4.79 Å². The second kappa shape index (κ2) is 6.18. The van der Waals surface area contributed by atoms with E-state index in [9.17, 15) is 9.59 Å². The van der Waals surface area contributed by atoms with Gasteiger partial charge in [0, 0.05) is 18.7 Å². The molecule has 0 atom stereocenters. The summed E-state index contributed by atoms with van der Waals surface area (Å²) < 4.78 is 0. The molecule has 4 nitrogen and oxygen atoms in total. The summed E-state index contributed by atoms with van der Waals surface area (Å²) in [5.41, 5.74) is 4.02. The van der Waals surface area contributed by atoms with E-state index in [1.807, 2.05) is 37.8 Å². The largest absolute Gasteiger partial charge is 0.355 e. The molecule has 1 amide bonds. The molecule has 0 aliphatic carbocycles. The highest BCUT2D eigenvalue weighted by molar-refractivity contribution is 6.00. The lowest BCUT2D eigenvalue weighted by Crippen LogP contribution is -2.36. The van der Waals surface area contributed by atoms with Gasteiger partial charge in [-0.15, -0.1) is 0 Å². The first kappa shape index (κ1) is 14.7. The Kier molecular flexibility index (Phi) is 4.55. The van der Waals surface area contributed by atoms with Gasteiger partial charge in [0.15, 0.2) is 5.78 Å². The molecule has 0 spiro atoms. The minimum Gasteiger partial charge on any atom is -0.355 e. The minimum atomic E-state index is 0.00708. The number of carbonyl (C=O) groups excluding carboxylic acids is 2. The van der Waals surface area contributed by atoms with E-state index in [1.54, 1.807) is 0 Å². The Bertz CT molecular complexity index is 514. The van der Waals surface area contributed by atoms with Crippen molar-refractivity contribution in [1.29, 1.82) is 0 Å². The molecule has 1 aliphatic heterocycles. The third kappa shape index (κ3) is 3.45. The van der Waals surface area contributed by atoms with Crippen molar-refractivity contribution in [3.63, 3.8) is 0 Å². The highest BCUT2D eigenvalue weighted by Crippen LogP contribution is 2.17. The third-order valence-electron chi connectivity index (χ3n) is 3.66. The molecule has 1 heterocycles. The fourth-order valence-electron chi connectivity index (χ4n) is 2.91. The van der Waals surface area contributed by atoms with Crippen LogP contribution < -0.4 is 5.32 Å². The van der Waals surface area contributed by atoms with E-state index in [-0.39, 0.29) is 11.7 Å². The number of ketones is 1. The first-order valence-corrected chi connectivity index (χ1v) is 7.07. The van der Waals surface area contributed by atoms with E-state index in [0.29, 0.717) is 19.6 Å². The van der Waals surface area contributed by atoms with Gasteiger partial charge in [-0.05, 0) is 38.3 Å². The van der Waals surface area contributed by atoms with Crippen LogP contribution in [0, 0.1) is 20.8 Å². The lowest BCUT2D eigenvalue weighted by molar-refractivity contribution is -0.121. The molecular formula is C16H22N2O2. The summed E-state index contributed by atoms with van der Waals surface area (Å²) in [5.74, 6) is 0.113. The molecule has 4 heteroatoms. The zero-order valence-corrected chi connectivity index (χ0v) is 12.5. The molecule has 2 rings (SSSR count). The molecule has 0 aromatic heterocycles. The Morgan fingerprint density at radius 2 is 1.90 bits per heavy atom. The van der Waals surface area contributed by atoms with Crippen LogP contribution in [0.3, 0.4) is 0 Å². The van der Waals surface area contributed by atoms with Crippen molar-refractivity contribution in [3.8, 4) is 0 Å². The second-order valence-corrected chi connectivity index (χ2v) is 5.61. The molecule has 1 aliphatic rings. The number of carbonyl (C=O) groups is 2. The average Bonchev–Trinajstić information content (AvgIpc) is 2.52. The maximum absolute atomic E-state index is 12.5. The van der Waals surface area contributed by atoms with E-state index in [1.165, 1.54) is 5.56 Å². The Morgan fingerprint density at radius 1 is 1.25 bits per heavy atom. The third-order valence-corrected chi connectivity index (χ3v) is 3.66. The fourth-order valence-corrected chi connectivity index (χ4v) is 2.91. The summed E-state index contributed by atoms with van der Waals surface area (Å²) >= 11 is 0. The molecule has 20 heavy (non-hydrogen) atoms. The van der Waals surface area contributed by atoms with Gasteiger partial charge in [0.2, 0.25) is 5.91 Å². The Labute approximate surface area is 120 Å². The van der Waals surface area contributed by atoms with Crippen LogP contribution in [0.1, 0.15) is 33.5 Å². The highest BCUT2D eigenvalue weighted by Gasteiger charge is 2.20. The van der Waals surface area contributed by atoms with Crippen LogP contribution in [0.25, 0.3) is 0 Å². The van der Waals surface area contributed by atoms with Crippen molar-refractivity contribution in [1.82, 2.24) is 10.2 Å². The molecule has 0 radical (unpaired) electrons. The predicted molar refractivity (Wildman–Crippen MR) is 79.1 cm³/mol. The number of hydrogen-bond donors (Lipinski definition) is 1. The van der Waals surface area contributed by atoms with Gasteiger partial charge in [0.05, 0.1) is 13.1 Å². The van der Waals surface area contributed by atoms with Crippen molar-refractivity contribution >= 4 is 11.7 Å². The topological polar surface area (TPSA) is 49.4 Å². The number of nitrogens with one attached hydrogen (secondary N) is 1. The first-order valence-electron chi connectivity index (χ1n) is 7.07. The normalized spacial score (nSPS) is 16.6. The minimum absolute atomic E-state index is 0.00708. The second-order valence-electron chi connectivity index (χ2n) is 5.61. The summed E-state index contributed by atoms with van der Waals surface area (Å²) in [7, 11) is 0. The number of amides is 1. The molecule has 0 unspecified atom stereocenters. The van der Waals surface area contributed by atoms with Gasteiger partial charge in [0.1, 0.15) is 0 Å². The standard InChI is InChI=1S/C16H22N2O2/c1-11-7-12(2)16(13(3)8-11)14(19)9-18-6-4-5-17-15(20)10-18/h7-8H,4-6,9-10H2,1-3H3,(H,17,20). The van der Waals surface area contributed by atoms with Crippen molar-refractivity contribution in [3.05, 3.63) is 34.4 Å². The predicted octanol–water partition coefficient (Wildman–Crippen LogP) is 1.62. The first-order chi connectivity index (χ1) is 9.47. The Morgan fingerprint density at radius 3 is 2.55 bits per heavy atom. The number of rotatable bonds is 3. The molecule has 108 valence electrons. The van der Waals surface area contributed by atoms with E-state index < -0.39 is 0 Å². The van der Waals surface area contributed by atoms with Crippen LogP contribution >= 0.6 is 0 Å². The number of aryl methyl sites for hydroxylation is 3. The summed E-state index contributed by atoms with van der Waals surface area (Å²) in [5, 5.41) is 2.83. The van der Waals surface area contributed by atoms with Gasteiger partial charge in [0.25, 0.3) is 0 Å². The number of nitrogens with zero attached hydrogens (tertiary/aromatic N) is 1. The van der Waals surface area contributed by atoms with Crippen LogP contribution in [0.2, 0.25) is 0 Å². The van der Waals surface area contributed by atoms with Gasteiger partial charge in [-0.2, -0.15) is 0 Å². The fraction of sp³-hybridized carbons (Fsp3) is 0.500. The average molecular weight is 274 g/mol. The van der Waals surface area contributed by atoms with Crippen LogP contribution in [0.4, 0.5) is 0 Å². The number of benzene rings is 1. The van der Waals surface area contributed by atoms with Gasteiger partial charge in [-0.25, -0.2) is 0 Å². The smallest absolute Gasteiger partial charge is 0.234 e. The summed E-state index contributed by atoms with van der Waals surface area (Å²) in [6, 6.07) is 4.07. The lowest BCUT2D eigenvalue weighted by Gasteiger charge is -2.19. The van der Waals surface area contributed by atoms with Gasteiger partial charge >= 0.3 is 0 Å². The highest BCUT2D eigenvalue weighted by atomic mass is 16.2. The Hall–Kier alpha value is -1.68. The van der Waals surface area contributed by atoms with Gasteiger partial charge in [-0.3, -0.25) is 14.5 Å². The summed E-state index contributed by atoms with van der Waals surface area (Å²) in [6.45, 7) is 8.10. The zero-order valence-electron chi connectivity index (χ0n) is 12.5. The summed E-state index contributed by atoms with van der Waals surface area (Å²) in [4.78, 5) is 26.0. The van der Waals surface area contributed by atoms with Crippen LogP contribution in [0.5, 0.6) is 0 Å². The summed E-state index contributed by atoms with van der Waals surface area (Å²) in [6.07, 6.45) is 0.894. The van der Waals surface area contributed by atoms with E-state index >= 15 is 0 Å². The molecular weight excluding hydrogens is 252 g/mol. The van der Waals surface area contributed by atoms with E-state index in [0.717, 1.165) is 29.7 Å². The van der Waals surface area contributed by atoms with Crippen molar-refractivity contribution in [2.45, 2.75) is 27.2 Å². The molecule has 0 bridgehead atoms. The van der Waals surface area contributed by atoms with Crippen molar-refractivity contribution in [2.75, 3.05) is 26.2 Å². The molecule has 1 fully saturated rings. The quantitative estimate of drug-likeness (QED) is 0.852. The molecule has 0 saturated carbocycles.